The Hall–Kier alpha value is -3.40. The second-order valence-corrected chi connectivity index (χ2v) is 14.3. The van der Waals surface area contributed by atoms with Crippen molar-refractivity contribution in [2.75, 3.05) is 10.6 Å². The molecular formula is C34H26BBrCl2F2I2N6O4. The molecule has 0 bridgehead atoms. The summed E-state index contributed by atoms with van der Waals surface area (Å²) in [5.74, 6) is -1.59. The van der Waals surface area contributed by atoms with Gasteiger partial charge in [-0.3, -0.25) is 19.0 Å². The first-order valence-corrected chi connectivity index (χ1v) is 18.5. The predicted molar refractivity (Wildman–Crippen MR) is 220 cm³/mol. The molecule has 10 nitrogen and oxygen atoms in total. The number of nitrogens with one attached hydrogen (secondary N) is 2. The van der Waals surface area contributed by atoms with Crippen molar-refractivity contribution in [2.24, 2.45) is 14.1 Å². The lowest BCUT2D eigenvalue weighted by atomic mass is 9.80. The zero-order valence-electron chi connectivity index (χ0n) is 27.0. The summed E-state index contributed by atoms with van der Waals surface area (Å²) in [6.45, 7) is 0. The monoisotopic (exact) mass is 1030 g/mol. The van der Waals surface area contributed by atoms with Crippen molar-refractivity contribution in [3.8, 4) is 11.1 Å². The third kappa shape index (κ3) is 11.3. The molecule has 0 saturated carbocycles. The summed E-state index contributed by atoms with van der Waals surface area (Å²) in [6.07, 6.45) is 3.36. The van der Waals surface area contributed by atoms with E-state index in [0.717, 1.165) is 16.2 Å². The van der Waals surface area contributed by atoms with Crippen LogP contribution < -0.4 is 16.1 Å². The Bertz CT molecular complexity index is 2230. The molecule has 6 aromatic rings. The minimum absolute atomic E-state index is 0.0330. The fraction of sp³-hybridized carbons (Fsp3) is 0.0588. The number of nitrogens with zero attached hydrogens (tertiary/aromatic N) is 4. The van der Waals surface area contributed by atoms with Gasteiger partial charge in [0.2, 0.25) is 0 Å². The van der Waals surface area contributed by atoms with Crippen LogP contribution in [0.1, 0.15) is 20.7 Å². The lowest BCUT2D eigenvalue weighted by Crippen LogP contribution is -2.29. The van der Waals surface area contributed by atoms with E-state index in [1.165, 1.54) is 24.3 Å². The minimum atomic E-state index is -1.65. The number of benzene rings is 4. The molecule has 0 unspecified atom stereocenters. The van der Waals surface area contributed by atoms with Crippen LogP contribution in [0.2, 0.25) is 10.0 Å². The quantitative estimate of drug-likeness (QED) is 0.0990. The molecule has 52 heavy (non-hydrogen) atoms. The van der Waals surface area contributed by atoms with E-state index in [4.69, 9.17) is 33.2 Å². The molecule has 4 N–H and O–H groups in total. The van der Waals surface area contributed by atoms with Gasteiger partial charge in [0, 0.05) is 42.2 Å². The van der Waals surface area contributed by atoms with Gasteiger partial charge in [-0.2, -0.15) is 10.2 Å². The van der Waals surface area contributed by atoms with Gasteiger partial charge >= 0.3 is 7.12 Å². The number of carbonyl (C=O) groups excluding carboxylic acids is 2. The van der Waals surface area contributed by atoms with Crippen molar-refractivity contribution in [2.45, 2.75) is 0 Å². The van der Waals surface area contributed by atoms with Gasteiger partial charge in [-0.25, -0.2) is 8.78 Å². The van der Waals surface area contributed by atoms with Crippen molar-refractivity contribution >= 4 is 120 Å². The number of carbonyl (C=O) groups is 2. The highest BCUT2D eigenvalue weighted by atomic mass is 127. The van der Waals surface area contributed by atoms with Crippen LogP contribution in [-0.2, 0) is 14.1 Å². The van der Waals surface area contributed by atoms with E-state index in [2.05, 4.69) is 36.8 Å². The number of halogens is 7. The van der Waals surface area contributed by atoms with Gasteiger partial charge in [0.1, 0.15) is 19.0 Å². The average molecular weight is 1040 g/mol. The van der Waals surface area contributed by atoms with E-state index >= 15 is 0 Å². The Balaban J connectivity index is 0.000000188. The summed E-state index contributed by atoms with van der Waals surface area (Å²) >= 11 is 18.5. The zero-order chi connectivity index (χ0) is 38.1. The third-order valence-electron chi connectivity index (χ3n) is 6.83. The maximum atomic E-state index is 13.7. The molecule has 4 aromatic carbocycles. The normalized spacial score (nSPS) is 10.4. The van der Waals surface area contributed by atoms with Gasteiger partial charge in [0.05, 0.1) is 26.9 Å². The van der Waals surface area contributed by atoms with Crippen LogP contribution >= 0.6 is 84.3 Å². The van der Waals surface area contributed by atoms with E-state index in [0.29, 0.717) is 35.3 Å². The van der Waals surface area contributed by atoms with Crippen LogP contribution in [0.4, 0.5) is 20.2 Å². The summed E-state index contributed by atoms with van der Waals surface area (Å²) in [5.41, 5.74) is 3.82. The molecule has 6 rings (SSSR count). The molecule has 18 heteroatoms. The van der Waals surface area contributed by atoms with E-state index in [9.17, 15) is 18.4 Å². The largest absolute Gasteiger partial charge is 0.488 e. The summed E-state index contributed by atoms with van der Waals surface area (Å²) in [6, 6.07) is 22.8. The standard InChI is InChI=1S/C17H12ClFIN3O.C11H9BrIN3O.C6H5BClFO2/c1-23-9-12(16(20)22-23)17(24)21-15-5-3-2-4-11(15)10-6-7-13(18)14(19)8-10;1-16-6-7(10(13)15-16)11(17)14-9-5-3-2-4-8(9)12;8-5-2-1-4(7(10)11)3-6(5)9/h2-9H,1H3,(H,21,24);2-6H,1H3,(H,14,17);1-3,10-11H. The van der Waals surface area contributed by atoms with Gasteiger partial charge in [-0.15, -0.1) is 0 Å². The van der Waals surface area contributed by atoms with E-state index in [1.807, 2.05) is 81.6 Å². The van der Waals surface area contributed by atoms with Gasteiger partial charge in [-0.1, -0.05) is 65.7 Å². The van der Waals surface area contributed by atoms with Crippen molar-refractivity contribution in [3.63, 3.8) is 0 Å². The van der Waals surface area contributed by atoms with Crippen molar-refractivity contribution in [1.29, 1.82) is 0 Å². The topological polar surface area (TPSA) is 134 Å². The summed E-state index contributed by atoms with van der Waals surface area (Å²) in [7, 11) is 1.89. The molecule has 2 aromatic heterocycles. The van der Waals surface area contributed by atoms with Crippen LogP contribution in [-0.4, -0.2) is 48.5 Å². The molecule has 0 saturated heterocycles. The molecule has 0 spiro atoms. The highest BCUT2D eigenvalue weighted by Crippen LogP contribution is 2.31. The molecule has 268 valence electrons. The first-order chi connectivity index (χ1) is 24.6. The highest BCUT2D eigenvalue weighted by Gasteiger charge is 2.17. The van der Waals surface area contributed by atoms with Crippen LogP contribution in [0, 0.1) is 19.0 Å². The SMILES string of the molecule is Cn1cc(C(=O)Nc2ccccc2-c2ccc(Cl)c(F)c2)c(I)n1.Cn1cc(C(=O)Nc2ccccc2Br)c(I)n1.OB(O)c1ccc(Cl)c(F)c1. The molecule has 0 radical (unpaired) electrons. The Morgan fingerprint density at radius 2 is 1.23 bits per heavy atom. The summed E-state index contributed by atoms with van der Waals surface area (Å²) in [5, 5.41) is 31.2. The van der Waals surface area contributed by atoms with Crippen LogP contribution in [0.5, 0.6) is 0 Å². The van der Waals surface area contributed by atoms with Crippen molar-refractivity contribution in [3.05, 3.63) is 142 Å². The maximum absolute atomic E-state index is 13.7. The Morgan fingerprint density at radius 1 is 0.750 bits per heavy atom. The van der Waals surface area contributed by atoms with Gasteiger partial charge in [-0.05, 0) is 115 Å². The van der Waals surface area contributed by atoms with Crippen LogP contribution in [0.25, 0.3) is 11.1 Å². The molecular weight excluding hydrogens is 1010 g/mol. The lowest BCUT2D eigenvalue weighted by molar-refractivity contribution is 0.101. The number of anilines is 2. The van der Waals surface area contributed by atoms with Crippen LogP contribution in [0.15, 0.2) is 102 Å². The number of aryl methyl sites for hydroxylation is 2. The van der Waals surface area contributed by atoms with Crippen molar-refractivity contribution in [1.82, 2.24) is 19.6 Å². The van der Waals surface area contributed by atoms with E-state index in [-0.39, 0.29) is 27.3 Å². The fourth-order valence-corrected chi connectivity index (χ4v) is 6.42. The Labute approximate surface area is 343 Å². The average Bonchev–Trinajstić information content (AvgIpc) is 3.63. The number of para-hydroxylation sites is 2. The smallest absolute Gasteiger partial charge is 0.423 e. The second kappa shape index (κ2) is 19.1. The third-order valence-corrected chi connectivity index (χ3v) is 9.72. The summed E-state index contributed by atoms with van der Waals surface area (Å²) < 4.78 is 31.7. The number of rotatable bonds is 6. The van der Waals surface area contributed by atoms with Crippen molar-refractivity contribution < 1.29 is 28.4 Å². The first kappa shape index (κ1) is 41.4. The predicted octanol–water partition coefficient (Wildman–Crippen LogP) is 7.93. The van der Waals surface area contributed by atoms with Gasteiger partial charge in [0.15, 0.2) is 0 Å². The zero-order valence-corrected chi connectivity index (χ0v) is 34.4. The Morgan fingerprint density at radius 3 is 1.71 bits per heavy atom. The lowest BCUT2D eigenvalue weighted by Gasteiger charge is -2.11. The molecule has 0 aliphatic carbocycles. The fourth-order valence-electron chi connectivity index (χ4n) is 4.35. The highest BCUT2D eigenvalue weighted by molar-refractivity contribution is 14.1. The number of amides is 2. The Kier molecular flexibility index (Phi) is 15.2. The molecule has 0 aliphatic heterocycles. The maximum Gasteiger partial charge on any atom is 0.488 e. The number of hydrogen-bond donors (Lipinski definition) is 4. The minimum Gasteiger partial charge on any atom is -0.423 e. The number of aromatic nitrogens is 4. The molecule has 0 atom stereocenters. The van der Waals surface area contributed by atoms with E-state index < -0.39 is 18.8 Å². The number of hydrogen-bond acceptors (Lipinski definition) is 6. The van der Waals surface area contributed by atoms with Crippen LogP contribution in [0.3, 0.4) is 0 Å². The van der Waals surface area contributed by atoms with E-state index in [1.54, 1.807) is 54.1 Å². The van der Waals surface area contributed by atoms with Gasteiger partial charge in [0.25, 0.3) is 11.8 Å². The molecule has 0 fully saturated rings. The first-order valence-electron chi connectivity index (χ1n) is 14.8. The molecule has 2 amide bonds. The molecule has 0 aliphatic rings. The second-order valence-electron chi connectivity index (χ2n) is 10.6. The summed E-state index contributed by atoms with van der Waals surface area (Å²) in [4.78, 5) is 24.5. The molecule has 2 heterocycles. The van der Waals surface area contributed by atoms with Gasteiger partial charge < -0.3 is 20.7 Å².